The van der Waals surface area contributed by atoms with Gasteiger partial charge in [-0.2, -0.15) is 13.2 Å². The molecule has 1 aromatic heterocycles. The molecule has 2 aromatic rings. The standard InChI is InChI=1S/C12H13F3N2/c1-6-3-8-9(5-16)11(12(13,14)15)17-10(8)4-7(6)2/h3-4,17H,5,16H2,1-2H3. The van der Waals surface area contributed by atoms with Crippen LogP contribution in [0.15, 0.2) is 12.1 Å². The topological polar surface area (TPSA) is 41.8 Å². The maximum atomic E-state index is 12.8. The van der Waals surface area contributed by atoms with E-state index in [1.165, 1.54) is 0 Å². The molecule has 3 N–H and O–H groups in total. The van der Waals surface area contributed by atoms with E-state index in [1.54, 1.807) is 12.1 Å². The Hall–Kier alpha value is -1.49. The fourth-order valence-electron chi connectivity index (χ4n) is 1.97. The minimum Gasteiger partial charge on any atom is -0.351 e. The van der Waals surface area contributed by atoms with Gasteiger partial charge in [0, 0.05) is 23.0 Å². The van der Waals surface area contributed by atoms with Crippen LogP contribution in [0.4, 0.5) is 13.2 Å². The summed E-state index contributed by atoms with van der Waals surface area (Å²) in [7, 11) is 0. The Morgan fingerprint density at radius 3 is 2.29 bits per heavy atom. The summed E-state index contributed by atoms with van der Waals surface area (Å²) in [6, 6.07) is 3.47. The quantitative estimate of drug-likeness (QED) is 0.791. The SMILES string of the molecule is Cc1cc2[nH]c(C(F)(F)F)c(CN)c2cc1C. The third-order valence-corrected chi connectivity index (χ3v) is 3.01. The Morgan fingerprint density at radius 2 is 1.76 bits per heavy atom. The van der Waals surface area contributed by atoms with Crippen LogP contribution < -0.4 is 5.73 Å². The smallest absolute Gasteiger partial charge is 0.351 e. The van der Waals surface area contributed by atoms with Crippen molar-refractivity contribution in [1.29, 1.82) is 0 Å². The summed E-state index contributed by atoms with van der Waals surface area (Å²) >= 11 is 0. The van der Waals surface area contributed by atoms with Crippen LogP contribution in [0.1, 0.15) is 22.4 Å². The second kappa shape index (κ2) is 3.77. The molecule has 92 valence electrons. The van der Waals surface area contributed by atoms with Crippen LogP contribution in [0.2, 0.25) is 0 Å². The fraction of sp³-hybridized carbons (Fsp3) is 0.333. The molecule has 1 heterocycles. The summed E-state index contributed by atoms with van der Waals surface area (Å²) in [5.74, 6) is 0. The number of aromatic amines is 1. The zero-order chi connectivity index (χ0) is 12.8. The number of benzene rings is 1. The zero-order valence-corrected chi connectivity index (χ0v) is 9.57. The minimum absolute atomic E-state index is 0.128. The molecule has 0 saturated heterocycles. The van der Waals surface area contributed by atoms with Gasteiger partial charge >= 0.3 is 6.18 Å². The van der Waals surface area contributed by atoms with Crippen molar-refractivity contribution in [3.63, 3.8) is 0 Å². The monoisotopic (exact) mass is 242 g/mol. The number of H-pyrrole nitrogens is 1. The third kappa shape index (κ3) is 1.91. The molecular formula is C12H13F3N2. The molecule has 0 aliphatic rings. The highest BCUT2D eigenvalue weighted by Gasteiger charge is 2.35. The first kappa shape index (κ1) is 12.0. The Kier molecular flexibility index (Phi) is 2.66. The molecule has 1 aromatic carbocycles. The third-order valence-electron chi connectivity index (χ3n) is 3.01. The van der Waals surface area contributed by atoms with Gasteiger partial charge in [-0.05, 0) is 37.1 Å². The normalized spacial score (nSPS) is 12.4. The van der Waals surface area contributed by atoms with E-state index in [0.29, 0.717) is 10.9 Å². The number of nitrogens with one attached hydrogen (secondary N) is 1. The van der Waals surface area contributed by atoms with Gasteiger partial charge in [-0.15, -0.1) is 0 Å². The lowest BCUT2D eigenvalue weighted by Gasteiger charge is -2.06. The average molecular weight is 242 g/mol. The number of rotatable bonds is 1. The molecule has 0 spiro atoms. The van der Waals surface area contributed by atoms with Gasteiger partial charge < -0.3 is 10.7 Å². The summed E-state index contributed by atoms with van der Waals surface area (Å²) in [6.45, 7) is 3.61. The molecular weight excluding hydrogens is 229 g/mol. The van der Waals surface area contributed by atoms with Crippen molar-refractivity contribution in [2.45, 2.75) is 26.6 Å². The van der Waals surface area contributed by atoms with Gasteiger partial charge in [0.1, 0.15) is 5.69 Å². The largest absolute Gasteiger partial charge is 0.431 e. The average Bonchev–Trinajstić information content (AvgIpc) is 2.56. The van der Waals surface area contributed by atoms with Crippen LogP contribution in [0.3, 0.4) is 0 Å². The molecule has 2 nitrogen and oxygen atoms in total. The minimum atomic E-state index is -4.39. The van der Waals surface area contributed by atoms with Gasteiger partial charge in [0.05, 0.1) is 0 Å². The van der Waals surface area contributed by atoms with Crippen LogP contribution in [-0.2, 0) is 12.7 Å². The van der Waals surface area contributed by atoms with Gasteiger partial charge in [0.25, 0.3) is 0 Å². The Morgan fingerprint density at radius 1 is 1.18 bits per heavy atom. The summed E-state index contributed by atoms with van der Waals surface area (Å²) < 4.78 is 38.4. The first-order chi connectivity index (χ1) is 7.84. The number of hydrogen-bond donors (Lipinski definition) is 2. The molecule has 0 atom stereocenters. The molecule has 0 unspecified atom stereocenters. The van der Waals surface area contributed by atoms with Crippen molar-refractivity contribution in [3.05, 3.63) is 34.5 Å². The Labute approximate surface area is 96.6 Å². The molecule has 0 radical (unpaired) electrons. The van der Waals surface area contributed by atoms with E-state index in [4.69, 9.17) is 5.73 Å². The number of alkyl halides is 3. The highest BCUT2D eigenvalue weighted by molar-refractivity contribution is 5.86. The van der Waals surface area contributed by atoms with E-state index in [9.17, 15) is 13.2 Å². The number of fused-ring (bicyclic) bond motifs is 1. The van der Waals surface area contributed by atoms with Crippen molar-refractivity contribution in [2.75, 3.05) is 0 Å². The molecule has 5 heteroatoms. The maximum absolute atomic E-state index is 12.8. The molecule has 0 bridgehead atoms. The highest BCUT2D eigenvalue weighted by Crippen LogP contribution is 2.35. The molecule has 17 heavy (non-hydrogen) atoms. The van der Waals surface area contributed by atoms with Gasteiger partial charge in [0.15, 0.2) is 0 Å². The van der Waals surface area contributed by atoms with Gasteiger partial charge in [0.2, 0.25) is 0 Å². The van der Waals surface area contributed by atoms with E-state index >= 15 is 0 Å². The van der Waals surface area contributed by atoms with Crippen LogP contribution in [0.25, 0.3) is 10.9 Å². The number of hydrogen-bond acceptors (Lipinski definition) is 1. The number of aromatic nitrogens is 1. The van der Waals surface area contributed by atoms with Crippen molar-refractivity contribution in [2.24, 2.45) is 5.73 Å². The van der Waals surface area contributed by atoms with E-state index in [1.807, 2.05) is 13.8 Å². The first-order valence-electron chi connectivity index (χ1n) is 5.23. The van der Waals surface area contributed by atoms with Crippen molar-refractivity contribution < 1.29 is 13.2 Å². The fourth-order valence-corrected chi connectivity index (χ4v) is 1.97. The molecule has 0 aliphatic carbocycles. The summed E-state index contributed by atoms with van der Waals surface area (Å²) in [4.78, 5) is 2.42. The number of nitrogens with two attached hydrogens (primary N) is 1. The van der Waals surface area contributed by atoms with Crippen LogP contribution in [0, 0.1) is 13.8 Å². The molecule has 2 rings (SSSR count). The van der Waals surface area contributed by atoms with Gasteiger partial charge in [-0.1, -0.05) is 0 Å². The van der Waals surface area contributed by atoms with Crippen LogP contribution >= 0.6 is 0 Å². The van der Waals surface area contributed by atoms with E-state index in [0.717, 1.165) is 11.1 Å². The second-order valence-electron chi connectivity index (χ2n) is 4.16. The lowest BCUT2D eigenvalue weighted by molar-refractivity contribution is -0.141. The number of aryl methyl sites for hydroxylation is 2. The molecule has 0 saturated carbocycles. The Bertz CT molecular complexity index is 567. The molecule has 0 aliphatic heterocycles. The van der Waals surface area contributed by atoms with E-state index in [2.05, 4.69) is 4.98 Å². The summed E-state index contributed by atoms with van der Waals surface area (Å²) in [5, 5.41) is 0.558. The zero-order valence-electron chi connectivity index (χ0n) is 9.57. The first-order valence-corrected chi connectivity index (χ1v) is 5.23. The van der Waals surface area contributed by atoms with Crippen molar-refractivity contribution in [1.82, 2.24) is 4.98 Å². The van der Waals surface area contributed by atoms with Gasteiger partial charge in [-0.3, -0.25) is 0 Å². The predicted molar refractivity (Wildman–Crippen MR) is 60.7 cm³/mol. The Balaban J connectivity index is 2.80. The highest BCUT2D eigenvalue weighted by atomic mass is 19.4. The predicted octanol–water partition coefficient (Wildman–Crippen LogP) is 3.26. The van der Waals surface area contributed by atoms with Crippen LogP contribution in [-0.4, -0.2) is 4.98 Å². The second-order valence-corrected chi connectivity index (χ2v) is 4.16. The lowest BCUT2D eigenvalue weighted by atomic mass is 10.0. The number of halogens is 3. The van der Waals surface area contributed by atoms with Crippen LogP contribution in [0.5, 0.6) is 0 Å². The maximum Gasteiger partial charge on any atom is 0.431 e. The van der Waals surface area contributed by atoms with E-state index in [-0.39, 0.29) is 12.1 Å². The van der Waals surface area contributed by atoms with Crippen molar-refractivity contribution >= 4 is 10.9 Å². The van der Waals surface area contributed by atoms with Crippen molar-refractivity contribution in [3.8, 4) is 0 Å². The molecule has 0 fully saturated rings. The van der Waals surface area contributed by atoms with E-state index < -0.39 is 11.9 Å². The van der Waals surface area contributed by atoms with Gasteiger partial charge in [-0.25, -0.2) is 0 Å². The molecule has 0 amide bonds. The summed E-state index contributed by atoms with van der Waals surface area (Å²) in [5.41, 5.74) is 7.22. The summed E-state index contributed by atoms with van der Waals surface area (Å²) in [6.07, 6.45) is -4.39. The lowest BCUT2D eigenvalue weighted by Crippen LogP contribution is -2.11.